The summed E-state index contributed by atoms with van der Waals surface area (Å²) in [4.78, 5) is 29.9. The van der Waals surface area contributed by atoms with E-state index in [0.717, 1.165) is 0 Å². The average molecular weight is 288 g/mol. The van der Waals surface area contributed by atoms with Gasteiger partial charge in [-0.05, 0) is 12.1 Å². The molecule has 0 heterocycles. The molecule has 0 aliphatic carbocycles. The van der Waals surface area contributed by atoms with Crippen molar-refractivity contribution in [1.82, 2.24) is 0 Å². The molecule has 0 fully saturated rings. The zero-order valence-electron chi connectivity index (χ0n) is 10.4. The van der Waals surface area contributed by atoms with Gasteiger partial charge >= 0.3 is 18.0 Å². The number of aliphatic hydroxyl groups is 2. The highest BCUT2D eigenvalue weighted by Gasteiger charge is 2.13. The molecular formula is C11H16N2O7. The topological polar surface area (TPSA) is 184 Å². The van der Waals surface area contributed by atoms with E-state index in [0.29, 0.717) is 0 Å². The zero-order chi connectivity index (χ0) is 16.1. The van der Waals surface area contributed by atoms with Gasteiger partial charge < -0.3 is 31.9 Å². The lowest BCUT2D eigenvalue weighted by atomic mass is 10.1. The highest BCUT2D eigenvalue weighted by atomic mass is 16.4. The fourth-order valence-electron chi connectivity index (χ4n) is 0.856. The number of nitrogens with two attached hydrogens (primary N) is 2. The number of aliphatic hydroxyl groups excluding tert-OH is 2. The van der Waals surface area contributed by atoms with Crippen molar-refractivity contribution >= 4 is 18.0 Å². The van der Waals surface area contributed by atoms with Crippen molar-refractivity contribution < 1.29 is 34.8 Å². The first kappa shape index (κ1) is 19.7. The van der Waals surface area contributed by atoms with Gasteiger partial charge in [-0.25, -0.2) is 14.4 Å². The van der Waals surface area contributed by atoms with Gasteiger partial charge in [0.05, 0.1) is 24.3 Å². The number of aromatic carboxylic acids is 2. The van der Waals surface area contributed by atoms with Crippen LogP contribution in [0.1, 0.15) is 20.7 Å². The Labute approximate surface area is 114 Å². The normalized spacial score (nSPS) is 8.30. The molecule has 2 amide bonds. The molecule has 0 aliphatic rings. The van der Waals surface area contributed by atoms with Gasteiger partial charge in [-0.15, -0.1) is 0 Å². The first-order chi connectivity index (χ1) is 9.27. The van der Waals surface area contributed by atoms with Gasteiger partial charge in [0.1, 0.15) is 0 Å². The third-order valence-electron chi connectivity index (χ3n) is 1.49. The quantitative estimate of drug-likeness (QED) is 0.415. The van der Waals surface area contributed by atoms with Gasteiger partial charge in [-0.2, -0.15) is 0 Å². The second-order valence-corrected chi connectivity index (χ2v) is 3.01. The van der Waals surface area contributed by atoms with Gasteiger partial charge in [0, 0.05) is 0 Å². The lowest BCUT2D eigenvalue weighted by molar-refractivity contribution is 0.0651. The fourth-order valence-corrected chi connectivity index (χ4v) is 0.856. The number of hydrogen-bond acceptors (Lipinski definition) is 5. The highest BCUT2D eigenvalue weighted by molar-refractivity contribution is 6.01. The van der Waals surface area contributed by atoms with Crippen LogP contribution in [0.2, 0.25) is 0 Å². The summed E-state index contributed by atoms with van der Waals surface area (Å²) in [5.74, 6) is -2.46. The predicted molar refractivity (Wildman–Crippen MR) is 68.3 cm³/mol. The lowest BCUT2D eigenvalue weighted by Gasteiger charge is -1.98. The van der Waals surface area contributed by atoms with E-state index in [1.165, 1.54) is 24.3 Å². The number of urea groups is 1. The minimum Gasteiger partial charge on any atom is -0.478 e. The van der Waals surface area contributed by atoms with Crippen molar-refractivity contribution in [1.29, 1.82) is 0 Å². The Morgan fingerprint density at radius 3 is 1.25 bits per heavy atom. The summed E-state index contributed by atoms with van der Waals surface area (Å²) in [5, 5.41) is 32.4. The summed E-state index contributed by atoms with van der Waals surface area (Å²) < 4.78 is 0. The Morgan fingerprint density at radius 2 is 1.10 bits per heavy atom. The van der Waals surface area contributed by atoms with Crippen molar-refractivity contribution in [2.24, 2.45) is 11.5 Å². The molecule has 9 nitrogen and oxygen atoms in total. The molecular weight excluding hydrogens is 272 g/mol. The van der Waals surface area contributed by atoms with Crippen molar-refractivity contribution in [2.45, 2.75) is 0 Å². The Morgan fingerprint density at radius 1 is 0.850 bits per heavy atom. The molecule has 1 aromatic rings. The predicted octanol–water partition coefficient (Wildman–Crippen LogP) is -0.922. The second-order valence-electron chi connectivity index (χ2n) is 3.01. The maximum atomic E-state index is 10.5. The average Bonchev–Trinajstić information content (AvgIpc) is 2.38. The second kappa shape index (κ2) is 11.4. The molecule has 0 saturated carbocycles. The van der Waals surface area contributed by atoms with E-state index in [1.807, 2.05) is 0 Å². The number of benzene rings is 1. The molecule has 1 rings (SSSR count). The minimum absolute atomic E-state index is 0.125. The van der Waals surface area contributed by atoms with Crippen LogP contribution in [0.3, 0.4) is 0 Å². The van der Waals surface area contributed by atoms with Gasteiger partial charge in [-0.3, -0.25) is 0 Å². The van der Waals surface area contributed by atoms with Crippen molar-refractivity contribution in [2.75, 3.05) is 13.2 Å². The van der Waals surface area contributed by atoms with E-state index in [2.05, 4.69) is 11.5 Å². The molecule has 9 heteroatoms. The number of rotatable bonds is 3. The standard InChI is InChI=1S/C8H6O4.C2H6O2.CH4N2O/c9-7(10)5-3-1-2-4-6(5)8(11)12;3-1-2-4;2-1(3)4/h1-4H,(H,9,10)(H,11,12);3-4H,1-2H2;(H4,2,3,4). The van der Waals surface area contributed by atoms with E-state index in [9.17, 15) is 9.59 Å². The Balaban J connectivity index is 0. The van der Waals surface area contributed by atoms with Crippen LogP contribution in [0, 0.1) is 0 Å². The summed E-state index contributed by atoms with van der Waals surface area (Å²) in [5.41, 5.74) is 8.12. The van der Waals surface area contributed by atoms with E-state index in [-0.39, 0.29) is 24.3 Å². The summed E-state index contributed by atoms with van der Waals surface area (Å²) in [6.07, 6.45) is 0. The molecule has 0 aromatic heterocycles. The van der Waals surface area contributed by atoms with Crippen molar-refractivity contribution in [3.63, 3.8) is 0 Å². The van der Waals surface area contributed by atoms with E-state index >= 15 is 0 Å². The molecule has 0 saturated heterocycles. The number of hydrogen-bond donors (Lipinski definition) is 6. The molecule has 8 N–H and O–H groups in total. The smallest absolute Gasteiger partial charge is 0.336 e. The van der Waals surface area contributed by atoms with Crippen LogP contribution in [0.15, 0.2) is 24.3 Å². The number of carboxylic acid groups (broad SMARTS) is 2. The van der Waals surface area contributed by atoms with Gasteiger partial charge in [0.25, 0.3) is 0 Å². The molecule has 112 valence electrons. The first-order valence-electron chi connectivity index (χ1n) is 5.10. The van der Waals surface area contributed by atoms with Gasteiger partial charge in [0.15, 0.2) is 0 Å². The SMILES string of the molecule is NC(N)=O.O=C(O)c1ccccc1C(=O)O.OCCO. The van der Waals surface area contributed by atoms with E-state index in [1.54, 1.807) is 0 Å². The molecule has 20 heavy (non-hydrogen) atoms. The van der Waals surface area contributed by atoms with E-state index in [4.69, 9.17) is 25.2 Å². The largest absolute Gasteiger partial charge is 0.478 e. The summed E-state index contributed by atoms with van der Waals surface area (Å²) in [6.45, 7) is -0.250. The van der Waals surface area contributed by atoms with Gasteiger partial charge in [0.2, 0.25) is 0 Å². The summed E-state index contributed by atoms with van der Waals surface area (Å²) in [7, 11) is 0. The van der Waals surface area contributed by atoms with Crippen LogP contribution in [0.25, 0.3) is 0 Å². The summed E-state index contributed by atoms with van der Waals surface area (Å²) in [6, 6.07) is 4.64. The highest BCUT2D eigenvalue weighted by Crippen LogP contribution is 2.07. The lowest BCUT2D eigenvalue weighted by Crippen LogP contribution is -2.18. The Kier molecular flexibility index (Phi) is 11.3. The molecule has 1 aromatic carbocycles. The molecule has 0 bridgehead atoms. The van der Waals surface area contributed by atoms with Crippen LogP contribution in [-0.2, 0) is 0 Å². The van der Waals surface area contributed by atoms with Crippen LogP contribution in [0.5, 0.6) is 0 Å². The number of primary amides is 2. The van der Waals surface area contributed by atoms with Crippen LogP contribution in [-0.4, -0.2) is 51.6 Å². The minimum atomic E-state index is -1.23. The monoisotopic (exact) mass is 288 g/mol. The summed E-state index contributed by atoms with van der Waals surface area (Å²) >= 11 is 0. The van der Waals surface area contributed by atoms with Gasteiger partial charge in [-0.1, -0.05) is 12.1 Å². The maximum absolute atomic E-state index is 10.5. The van der Waals surface area contributed by atoms with Crippen molar-refractivity contribution in [3.05, 3.63) is 35.4 Å². The molecule has 0 spiro atoms. The Hall–Kier alpha value is -2.65. The van der Waals surface area contributed by atoms with Crippen molar-refractivity contribution in [3.8, 4) is 0 Å². The maximum Gasteiger partial charge on any atom is 0.336 e. The van der Waals surface area contributed by atoms with Crippen LogP contribution in [0.4, 0.5) is 4.79 Å². The van der Waals surface area contributed by atoms with E-state index < -0.39 is 18.0 Å². The number of amides is 2. The fraction of sp³-hybridized carbons (Fsp3) is 0.182. The number of carboxylic acids is 2. The molecule has 0 unspecified atom stereocenters. The molecule has 0 atom stereocenters. The third kappa shape index (κ3) is 10.5. The number of carbonyl (C=O) groups excluding carboxylic acids is 1. The van der Waals surface area contributed by atoms with Crippen LogP contribution >= 0.6 is 0 Å². The number of carbonyl (C=O) groups is 3. The molecule has 0 radical (unpaired) electrons. The first-order valence-corrected chi connectivity index (χ1v) is 5.10. The molecule has 0 aliphatic heterocycles. The zero-order valence-corrected chi connectivity index (χ0v) is 10.4. The Bertz CT molecular complexity index is 409. The van der Waals surface area contributed by atoms with Crippen LogP contribution < -0.4 is 11.5 Å². The third-order valence-corrected chi connectivity index (χ3v) is 1.49.